The van der Waals surface area contributed by atoms with Gasteiger partial charge < -0.3 is 24.1 Å². The van der Waals surface area contributed by atoms with Crippen LogP contribution < -0.4 is 9.79 Å². The summed E-state index contributed by atoms with van der Waals surface area (Å²) < 4.78 is 21.7. The van der Waals surface area contributed by atoms with Crippen LogP contribution in [-0.4, -0.2) is 9.79 Å². The zero-order chi connectivity index (χ0) is 7.71. The van der Waals surface area contributed by atoms with Gasteiger partial charge in [-0.05, 0) is 0 Å². The van der Waals surface area contributed by atoms with Crippen LogP contribution in [0.15, 0.2) is 0 Å². The monoisotopic (exact) mass is 296 g/mol. The van der Waals surface area contributed by atoms with Gasteiger partial charge in [0.1, 0.15) is 0 Å². The summed E-state index contributed by atoms with van der Waals surface area (Å²) in [5.41, 5.74) is 0. The first kappa shape index (κ1) is 18.2. The van der Waals surface area contributed by atoms with Gasteiger partial charge in [0.15, 0.2) is 0 Å². The molecule has 0 spiro atoms. The summed E-state index contributed by atoms with van der Waals surface area (Å²) in [6.07, 6.45) is 0. The molecule has 0 heterocycles. The fourth-order valence-electron chi connectivity index (χ4n) is 0.130. The van der Waals surface area contributed by atoms with Crippen LogP contribution in [0.1, 0.15) is 0 Å². The third-order valence-electron chi connectivity index (χ3n) is 0.206. The second kappa shape index (κ2) is 5.95. The summed E-state index contributed by atoms with van der Waals surface area (Å²) in [6, 6.07) is 0. The zero-order valence-corrected chi connectivity index (χ0v) is 10.8. The molecule has 0 aromatic rings. The first-order chi connectivity index (χ1) is 3.71. The molecule has 0 atom stereocenters. The Morgan fingerprint density at radius 1 is 1.18 bits per heavy atom. The molecule has 11 heavy (non-hydrogen) atoms. The molecule has 0 rings (SSSR count). The first-order valence-electron chi connectivity index (χ1n) is 1.50. The van der Waals surface area contributed by atoms with Crippen molar-refractivity contribution in [3.63, 3.8) is 0 Å². The van der Waals surface area contributed by atoms with Crippen LogP contribution in [-0.2, 0) is 50.0 Å². The van der Waals surface area contributed by atoms with Crippen LogP contribution in [0.2, 0.25) is 0 Å². The Labute approximate surface area is 85.2 Å². The van der Waals surface area contributed by atoms with Gasteiger partial charge >= 0.3 is 27.3 Å². The molecule has 0 aliphatic carbocycles. The van der Waals surface area contributed by atoms with Gasteiger partial charge in [-0.3, -0.25) is 4.31 Å². The molecule has 0 amide bonds. The molecule has 64 valence electrons. The summed E-state index contributed by atoms with van der Waals surface area (Å²) in [6.45, 7) is 0. The van der Waals surface area contributed by atoms with Gasteiger partial charge in [-0.15, -0.1) is 0 Å². The molecule has 0 aliphatic heterocycles. The van der Waals surface area contributed by atoms with Gasteiger partial charge in [-0.1, -0.05) is 0 Å². The Morgan fingerprint density at radius 3 is 1.45 bits per heavy atom. The van der Waals surface area contributed by atoms with E-state index >= 15 is 0 Å². The van der Waals surface area contributed by atoms with Crippen molar-refractivity contribution >= 4 is 15.6 Å². The summed E-state index contributed by atoms with van der Waals surface area (Å²) >= 11 is 0. The molecule has 0 aromatic heterocycles. The minimum atomic E-state index is -5.55. The number of hydrogen-bond acceptors (Lipinski definition) is 5. The molecule has 0 saturated carbocycles. The van der Waals surface area contributed by atoms with Gasteiger partial charge in [-0.2, -0.15) is 0 Å². The summed E-state index contributed by atoms with van der Waals surface area (Å²) in [5, 5.41) is 0. The summed E-state index contributed by atoms with van der Waals surface area (Å²) in [5.74, 6) is 0. The van der Waals surface area contributed by atoms with E-state index in [0.29, 0.717) is 0 Å². The summed E-state index contributed by atoms with van der Waals surface area (Å²) in [4.78, 5) is 34.1. The third-order valence-corrected chi connectivity index (χ3v) is 1.86. The quantitative estimate of drug-likeness (QED) is 0.442. The van der Waals surface area contributed by atoms with E-state index < -0.39 is 15.6 Å². The smallest absolute Gasteiger partial charge is 0.789 e. The van der Waals surface area contributed by atoms with Gasteiger partial charge in [0.25, 0.3) is 0 Å². The number of rotatable bonds is 2. The number of phosphoric acid groups is 2. The van der Waals surface area contributed by atoms with Crippen LogP contribution >= 0.6 is 15.6 Å². The van der Waals surface area contributed by atoms with Gasteiger partial charge in [0, 0.05) is 17.1 Å². The minimum Gasteiger partial charge on any atom is -0.789 e. The molecule has 0 unspecified atom stereocenters. The molecule has 7 nitrogen and oxygen atoms in total. The normalized spacial score (nSPS) is 11.3. The molecule has 0 bridgehead atoms. The maximum atomic E-state index is 9.55. The van der Waals surface area contributed by atoms with E-state index in [2.05, 4.69) is 4.31 Å². The molecule has 0 aliphatic rings. The van der Waals surface area contributed by atoms with Gasteiger partial charge in [0.05, 0.1) is 7.82 Å². The Morgan fingerprint density at radius 2 is 1.45 bits per heavy atom. The van der Waals surface area contributed by atoms with E-state index in [-0.39, 0.29) is 36.5 Å². The van der Waals surface area contributed by atoms with Crippen LogP contribution in [0.4, 0.5) is 0 Å². The van der Waals surface area contributed by atoms with Crippen molar-refractivity contribution in [2.45, 2.75) is 0 Å². The van der Waals surface area contributed by atoms with Crippen molar-refractivity contribution in [2.24, 2.45) is 0 Å². The molecule has 0 radical (unpaired) electrons. The molecule has 0 aromatic carbocycles. The Kier molecular flexibility index (Phi) is 9.86. The number of hydrogen-bond donors (Lipinski definition) is 2. The van der Waals surface area contributed by atoms with Crippen molar-refractivity contribution < 1.29 is 69.6 Å². The van der Waals surface area contributed by atoms with Crippen molar-refractivity contribution in [3.05, 3.63) is 0 Å². The standard InChI is InChI=1S/Fe.H4O7P2.Zn/c;1-8(2,3)7-9(4,5)6;/h;(H2,1,2,3)(H2,4,5,6);/q;;+2/p-2. The molecule has 0 saturated heterocycles. The largest absolute Gasteiger partial charge is 2.00 e. The first-order valence-corrected chi connectivity index (χ1v) is 4.49. The maximum absolute atomic E-state index is 9.55. The predicted molar refractivity (Wildman–Crippen MR) is 20.7 cm³/mol. The van der Waals surface area contributed by atoms with E-state index in [0.717, 1.165) is 0 Å². The minimum absolute atomic E-state index is 0. The van der Waals surface area contributed by atoms with E-state index in [4.69, 9.17) is 9.79 Å². The molecule has 0 fully saturated rings. The molecular weight excluding hydrogens is 295 g/mol. The van der Waals surface area contributed by atoms with Gasteiger partial charge in [-0.25, -0.2) is 4.57 Å². The fourth-order valence-corrected chi connectivity index (χ4v) is 1.17. The maximum Gasteiger partial charge on any atom is 2.00 e. The second-order valence-electron chi connectivity index (χ2n) is 1.02. The summed E-state index contributed by atoms with van der Waals surface area (Å²) in [7, 11) is -10.7. The second-order valence-corrected chi connectivity index (χ2v) is 3.55. The van der Waals surface area contributed by atoms with E-state index in [1.807, 2.05) is 0 Å². The SMILES string of the molecule is O=P([O-])([O-])OP(=O)(O)O.[Fe].[Zn+2]. The molecular formula is H2FeO7P2Zn. The van der Waals surface area contributed by atoms with Crippen molar-refractivity contribution in [3.8, 4) is 0 Å². The van der Waals surface area contributed by atoms with E-state index in [1.165, 1.54) is 0 Å². The van der Waals surface area contributed by atoms with Crippen LogP contribution in [0, 0.1) is 0 Å². The van der Waals surface area contributed by atoms with Crippen molar-refractivity contribution in [2.75, 3.05) is 0 Å². The van der Waals surface area contributed by atoms with Crippen LogP contribution in [0.5, 0.6) is 0 Å². The topological polar surface area (TPSA) is 130 Å². The van der Waals surface area contributed by atoms with E-state index in [9.17, 15) is 18.9 Å². The third kappa shape index (κ3) is 18.4. The molecule has 2 N–H and O–H groups in total. The Hall–Kier alpha value is 1.40. The zero-order valence-electron chi connectivity index (χ0n) is 4.89. The van der Waals surface area contributed by atoms with Crippen LogP contribution in [0.3, 0.4) is 0 Å². The Balaban J connectivity index is -0.000000320. The fraction of sp³-hybridized carbons (Fsp3) is 0. The van der Waals surface area contributed by atoms with Crippen molar-refractivity contribution in [1.82, 2.24) is 0 Å². The average Bonchev–Trinajstić information content (AvgIpc) is 1.14. The molecule has 11 heteroatoms. The van der Waals surface area contributed by atoms with Gasteiger partial charge in [0.2, 0.25) is 0 Å². The average molecular weight is 297 g/mol. The Bertz CT molecular complexity index is 157. The predicted octanol–water partition coefficient (Wildman–Crippen LogP) is -2.08. The van der Waals surface area contributed by atoms with E-state index in [1.54, 1.807) is 0 Å². The van der Waals surface area contributed by atoms with Crippen LogP contribution in [0.25, 0.3) is 0 Å². The van der Waals surface area contributed by atoms with Crippen molar-refractivity contribution in [1.29, 1.82) is 0 Å².